The molecule has 1 rings (SSSR count). The molecule has 0 aromatic heterocycles. The number of nitrogens with one attached hydrogen (secondary N) is 4. The third-order valence-electron chi connectivity index (χ3n) is 15.2. The molecule has 5 amide bonds. The van der Waals surface area contributed by atoms with Gasteiger partial charge in [0, 0.05) is 81.5 Å². The number of hydrogen-bond donors (Lipinski definition) is 15. The molecule has 0 fully saturated rings. The number of aromatic hydroxyl groups is 1. The van der Waals surface area contributed by atoms with Crippen LogP contribution < -0.4 is 72.9 Å². The van der Waals surface area contributed by atoms with E-state index < -0.39 is 126 Å². The van der Waals surface area contributed by atoms with Gasteiger partial charge in [-0.2, -0.15) is 0 Å². The molecule has 88 heavy (non-hydrogen) atoms. The van der Waals surface area contributed by atoms with Crippen LogP contribution in [0.1, 0.15) is 157 Å². The zero-order valence-corrected chi connectivity index (χ0v) is 52.8. The summed E-state index contributed by atoms with van der Waals surface area (Å²) in [4.78, 5) is 143. The number of aliphatic hydroxyl groups excluding tert-OH is 1. The Labute approximate surface area is 518 Å². The van der Waals surface area contributed by atoms with Gasteiger partial charge in [0.05, 0.1) is 24.7 Å². The number of Topliss-reactive ketones (excluding diaryl/α,β-unsaturated/α-hetero) is 4. The number of guanidine groups is 4. The largest absolute Gasteiger partial charge is 0.508 e. The first-order valence-electron chi connectivity index (χ1n) is 30.6. The summed E-state index contributed by atoms with van der Waals surface area (Å²) in [7, 11) is 0. The van der Waals surface area contributed by atoms with Crippen LogP contribution in [0.25, 0.3) is 0 Å². The van der Waals surface area contributed by atoms with Crippen LogP contribution in [0.15, 0.2) is 44.2 Å². The van der Waals surface area contributed by atoms with E-state index >= 15 is 0 Å². The Bertz CT molecular complexity index is 2510. The van der Waals surface area contributed by atoms with Crippen LogP contribution >= 0.6 is 0 Å². The van der Waals surface area contributed by atoms with Crippen molar-refractivity contribution in [1.29, 1.82) is 0 Å². The van der Waals surface area contributed by atoms with Crippen LogP contribution in [0.3, 0.4) is 0 Å². The Morgan fingerprint density at radius 1 is 0.443 bits per heavy atom. The molecule has 0 aliphatic rings. The summed E-state index contributed by atoms with van der Waals surface area (Å²) in [6, 6.07) is 1.50. The van der Waals surface area contributed by atoms with Gasteiger partial charge in [-0.05, 0) is 112 Å². The first kappa shape index (κ1) is 78.1. The van der Waals surface area contributed by atoms with Gasteiger partial charge in [0.25, 0.3) is 0 Å². The molecule has 0 aliphatic heterocycles. The van der Waals surface area contributed by atoms with Crippen molar-refractivity contribution in [2.24, 2.45) is 119 Å². The number of carbonyl (C=O) groups is 9. The maximum absolute atomic E-state index is 14.8. The molecular formula is C60H105N17O11. The highest BCUT2D eigenvalue weighted by Crippen LogP contribution is 2.25. The number of benzene rings is 1. The normalized spacial score (nSPS) is 14.6. The van der Waals surface area contributed by atoms with E-state index in [0.29, 0.717) is 19.3 Å². The highest BCUT2D eigenvalue weighted by atomic mass is 16.3. The van der Waals surface area contributed by atoms with Crippen LogP contribution in [0, 0.1) is 47.3 Å². The van der Waals surface area contributed by atoms with E-state index in [1.807, 2.05) is 41.5 Å². The standard InChI is InChI=1S/C60H105N17O11/c1-8-36(7)43(52(61)84)32-51(83)47(33-78)77-56(88)41(26-34(3)4)31-50(82)46(27-35(5)6)76-55(87)40(15-11-23-71-58(64)65)30-49(81)45(17-13-25-73-60(68)69)75-54(86)39(14-10-22-70-57(62)63)29-48(80)44(16-12-24-72-59(66)67)74-53(85)38(9-2)28-37-18-20-42(79)21-19-37/h18-21,34-36,38-41,43-47,78-79H,8-17,22-33H2,1-7H3,(H2,61,84)(H,74,85)(H,75,86)(H,76,87)(H,77,88)(H4,62,63,70)(H4,64,65,71)(H4,66,67,72)(H4,68,69,73)/t36-,38-,39+,40+,41+,43-,44-,45-,46-,47-/m0/s1. The van der Waals surface area contributed by atoms with Crippen LogP contribution in [0.5, 0.6) is 5.75 Å². The predicted molar refractivity (Wildman–Crippen MR) is 340 cm³/mol. The minimum atomic E-state index is -1.38. The Morgan fingerprint density at radius 2 is 0.795 bits per heavy atom. The van der Waals surface area contributed by atoms with Crippen molar-refractivity contribution in [2.75, 3.05) is 32.8 Å². The van der Waals surface area contributed by atoms with Crippen molar-refractivity contribution in [2.45, 2.75) is 182 Å². The summed E-state index contributed by atoms with van der Waals surface area (Å²) in [6.45, 7) is 12.4. The van der Waals surface area contributed by atoms with Gasteiger partial charge in [-0.3, -0.25) is 63.1 Å². The Morgan fingerprint density at radius 3 is 1.17 bits per heavy atom. The Balaban J connectivity index is 3.77. The highest BCUT2D eigenvalue weighted by Gasteiger charge is 2.36. The number of nitrogens with two attached hydrogens (primary N) is 9. The second-order valence-corrected chi connectivity index (χ2v) is 23.6. The van der Waals surface area contributed by atoms with Gasteiger partial charge in [0.2, 0.25) is 29.5 Å². The van der Waals surface area contributed by atoms with E-state index in [0.717, 1.165) is 5.56 Å². The highest BCUT2D eigenvalue weighted by molar-refractivity contribution is 5.98. The molecule has 0 unspecified atom stereocenters. The molecule has 0 heterocycles. The van der Waals surface area contributed by atoms with Gasteiger partial charge in [-0.15, -0.1) is 0 Å². The lowest BCUT2D eigenvalue weighted by atomic mass is 9.85. The Hall–Kier alpha value is -7.91. The second-order valence-electron chi connectivity index (χ2n) is 23.6. The molecule has 0 saturated heterocycles. The number of hydrogen-bond acceptors (Lipinski definition) is 15. The lowest BCUT2D eigenvalue weighted by Gasteiger charge is -2.27. The summed E-state index contributed by atoms with van der Waals surface area (Å²) in [5.74, 6) is -11.3. The SMILES string of the molecule is CC[C@@H](Cc1ccc(O)cc1)C(=O)N[C@@H](CCCN=C(N)N)C(=O)C[C@@H](CCCN=C(N)N)C(=O)N[C@@H](CCCN=C(N)N)C(=O)C[C@@H](CCCN=C(N)N)C(=O)N[C@@H](CC(C)C)C(=O)C[C@@H](CC(C)C)C(=O)N[C@@H](CO)C(=O)C[C@H](C(N)=O)[C@@H](C)CC. The molecule has 10 atom stereocenters. The number of amides is 5. The van der Waals surface area contributed by atoms with Crippen LogP contribution in [0.2, 0.25) is 0 Å². The predicted octanol–water partition coefficient (Wildman–Crippen LogP) is 0.0320. The number of nitrogens with zero attached hydrogens (tertiary/aromatic N) is 4. The molecule has 1 aromatic carbocycles. The molecule has 0 radical (unpaired) electrons. The fourth-order valence-electron chi connectivity index (χ4n) is 10.1. The van der Waals surface area contributed by atoms with Gasteiger partial charge < -0.3 is 83.1 Å². The van der Waals surface area contributed by atoms with Gasteiger partial charge in [-0.25, -0.2) is 0 Å². The lowest BCUT2D eigenvalue weighted by Crippen LogP contribution is -2.50. The van der Waals surface area contributed by atoms with E-state index in [-0.39, 0.29) is 151 Å². The topological polar surface area (TPSA) is 526 Å². The van der Waals surface area contributed by atoms with Crippen LogP contribution in [0.4, 0.5) is 0 Å². The first-order chi connectivity index (χ1) is 41.4. The molecule has 0 spiro atoms. The maximum atomic E-state index is 14.8. The van der Waals surface area contributed by atoms with E-state index in [2.05, 4.69) is 41.2 Å². The van der Waals surface area contributed by atoms with Crippen molar-refractivity contribution >= 4 is 76.5 Å². The van der Waals surface area contributed by atoms with E-state index in [9.17, 15) is 53.4 Å². The minimum Gasteiger partial charge on any atom is -0.508 e. The van der Waals surface area contributed by atoms with Crippen LogP contribution in [-0.4, -0.2) is 144 Å². The molecule has 0 aliphatic carbocycles. The van der Waals surface area contributed by atoms with Gasteiger partial charge in [0.1, 0.15) is 11.8 Å². The summed E-state index contributed by atoms with van der Waals surface area (Å²) in [6.07, 6.45) is 1.05. The van der Waals surface area contributed by atoms with Crippen molar-refractivity contribution in [3.63, 3.8) is 0 Å². The average Bonchev–Trinajstić information content (AvgIpc) is 3.60. The van der Waals surface area contributed by atoms with Gasteiger partial charge in [-0.1, -0.05) is 67.0 Å². The number of phenols is 1. The lowest BCUT2D eigenvalue weighted by molar-refractivity contribution is -0.136. The number of aliphatic hydroxyl groups is 1. The quantitative estimate of drug-likeness (QED) is 0.0233. The Kier molecular flexibility index (Phi) is 37.3. The molecule has 1 aromatic rings. The third kappa shape index (κ3) is 32.2. The number of aliphatic imine (C=N–C) groups is 4. The molecule has 28 heteroatoms. The van der Waals surface area contributed by atoms with Gasteiger partial charge in [0.15, 0.2) is 47.0 Å². The fourth-order valence-corrected chi connectivity index (χ4v) is 10.1. The summed E-state index contributed by atoms with van der Waals surface area (Å²) in [5.41, 5.74) is 51.2. The second kappa shape index (κ2) is 42.1. The molecule has 28 nitrogen and oxygen atoms in total. The maximum Gasteiger partial charge on any atom is 0.224 e. The van der Waals surface area contributed by atoms with Crippen molar-refractivity contribution in [1.82, 2.24) is 21.3 Å². The first-order valence-corrected chi connectivity index (χ1v) is 30.6. The summed E-state index contributed by atoms with van der Waals surface area (Å²) < 4.78 is 0. The minimum absolute atomic E-state index is 0.0264. The molecule has 24 N–H and O–H groups in total. The molecule has 0 saturated carbocycles. The summed E-state index contributed by atoms with van der Waals surface area (Å²) >= 11 is 0. The number of primary amides is 1. The number of ketones is 4. The molecule has 0 bridgehead atoms. The van der Waals surface area contributed by atoms with Crippen molar-refractivity contribution in [3.05, 3.63) is 29.8 Å². The smallest absolute Gasteiger partial charge is 0.224 e. The number of phenolic OH excluding ortho intramolecular Hbond substituents is 1. The molecular weight excluding hydrogens is 1130 g/mol. The van der Waals surface area contributed by atoms with Crippen molar-refractivity contribution < 1.29 is 53.4 Å². The van der Waals surface area contributed by atoms with E-state index in [1.165, 1.54) is 12.1 Å². The van der Waals surface area contributed by atoms with E-state index in [1.54, 1.807) is 19.1 Å². The summed E-state index contributed by atoms with van der Waals surface area (Å²) in [5, 5.41) is 31.3. The fraction of sp³-hybridized carbons (Fsp3) is 0.683. The third-order valence-corrected chi connectivity index (χ3v) is 15.2. The van der Waals surface area contributed by atoms with Crippen molar-refractivity contribution in [3.8, 4) is 5.75 Å². The van der Waals surface area contributed by atoms with E-state index in [4.69, 9.17) is 51.6 Å². The van der Waals surface area contributed by atoms with Gasteiger partial charge >= 0.3 is 0 Å². The average molecular weight is 1240 g/mol. The molecule has 496 valence electrons. The number of rotatable bonds is 47. The zero-order valence-electron chi connectivity index (χ0n) is 52.8. The van der Waals surface area contributed by atoms with Crippen LogP contribution in [-0.2, 0) is 49.6 Å². The number of carbonyl (C=O) groups excluding carboxylic acids is 9. The monoisotopic (exact) mass is 1240 g/mol. The zero-order chi connectivity index (χ0) is 66.6.